The molecule has 0 bridgehead atoms. The second-order valence-electron chi connectivity index (χ2n) is 11.2. The van der Waals surface area contributed by atoms with Gasteiger partial charge in [0.1, 0.15) is 24.0 Å². The van der Waals surface area contributed by atoms with Crippen molar-refractivity contribution < 1.29 is 13.9 Å². The molecule has 7 nitrogen and oxygen atoms in total. The first-order chi connectivity index (χ1) is 19.5. The number of aryl methyl sites for hydroxylation is 1. The molecule has 2 N–H and O–H groups in total. The van der Waals surface area contributed by atoms with Crippen LogP contribution in [0.4, 0.5) is 10.2 Å². The van der Waals surface area contributed by atoms with Crippen LogP contribution in [0.25, 0.3) is 43.4 Å². The maximum Gasteiger partial charge on any atom is 0.138 e. The number of hydrogen-bond acceptors (Lipinski definition) is 7. The fraction of sp³-hybridized carbons (Fsp3) is 0.355. The van der Waals surface area contributed by atoms with E-state index in [1.807, 2.05) is 24.0 Å². The van der Waals surface area contributed by atoms with Crippen molar-refractivity contribution in [3.05, 3.63) is 59.9 Å². The van der Waals surface area contributed by atoms with Gasteiger partial charge in [-0.3, -0.25) is 4.68 Å². The lowest BCUT2D eigenvalue weighted by atomic mass is 9.57. The van der Waals surface area contributed by atoms with E-state index in [9.17, 15) is 4.39 Å². The van der Waals surface area contributed by atoms with Crippen molar-refractivity contribution >= 4 is 38.1 Å². The molecule has 1 aliphatic carbocycles. The van der Waals surface area contributed by atoms with E-state index in [2.05, 4.69) is 39.6 Å². The lowest BCUT2D eigenvalue weighted by Crippen LogP contribution is -2.63. The molecule has 2 aromatic carbocycles. The zero-order valence-electron chi connectivity index (χ0n) is 22.7. The largest absolute Gasteiger partial charge is 0.490 e. The highest BCUT2D eigenvalue weighted by Gasteiger charge is 2.52. The summed E-state index contributed by atoms with van der Waals surface area (Å²) in [5.41, 5.74) is 11.2. The number of aromatic nitrogens is 3. The van der Waals surface area contributed by atoms with E-state index < -0.39 is 0 Å². The van der Waals surface area contributed by atoms with Gasteiger partial charge in [-0.1, -0.05) is 6.07 Å². The number of hydrogen-bond donors (Lipinski definition) is 1. The highest BCUT2D eigenvalue weighted by atomic mass is 32.1. The smallest absolute Gasteiger partial charge is 0.138 e. The molecule has 5 aromatic rings. The molecule has 4 heterocycles. The molecular formula is C31H32FN5O2S. The summed E-state index contributed by atoms with van der Waals surface area (Å²) in [5.74, 6) is 1.70. The van der Waals surface area contributed by atoms with Crippen LogP contribution in [0.3, 0.4) is 0 Å². The summed E-state index contributed by atoms with van der Waals surface area (Å²) < 4.78 is 28.7. The van der Waals surface area contributed by atoms with E-state index in [1.165, 1.54) is 25.0 Å². The van der Waals surface area contributed by atoms with Gasteiger partial charge in [-0.25, -0.2) is 9.37 Å². The minimum absolute atomic E-state index is 0.322. The van der Waals surface area contributed by atoms with Crippen LogP contribution in [0, 0.1) is 17.2 Å². The van der Waals surface area contributed by atoms with Crippen molar-refractivity contribution in [3.8, 4) is 28.1 Å². The lowest BCUT2D eigenvalue weighted by Gasteiger charge is -2.59. The average molecular weight is 558 g/mol. The molecule has 40 heavy (non-hydrogen) atoms. The Hall–Kier alpha value is -3.53. The average Bonchev–Trinajstić information content (AvgIpc) is 3.54. The maximum absolute atomic E-state index is 14.5. The fourth-order valence-electron chi connectivity index (χ4n) is 6.58. The number of benzene rings is 2. The third kappa shape index (κ3) is 4.15. The summed E-state index contributed by atoms with van der Waals surface area (Å²) in [6, 6.07) is 13.3. The molecule has 0 atom stereocenters. The summed E-state index contributed by atoms with van der Waals surface area (Å²) in [4.78, 5) is 7.77. The zero-order valence-corrected chi connectivity index (χ0v) is 23.5. The van der Waals surface area contributed by atoms with Gasteiger partial charge < -0.3 is 20.1 Å². The molecule has 9 heteroatoms. The van der Waals surface area contributed by atoms with Crippen molar-refractivity contribution in [3.63, 3.8) is 0 Å². The van der Waals surface area contributed by atoms with Gasteiger partial charge in [-0.15, -0.1) is 11.3 Å². The normalized spacial score (nSPS) is 16.6. The van der Waals surface area contributed by atoms with Gasteiger partial charge in [-0.05, 0) is 61.0 Å². The molecule has 0 amide bonds. The van der Waals surface area contributed by atoms with Crippen LogP contribution in [0.5, 0.6) is 5.75 Å². The number of ether oxygens (including phenoxy) is 2. The van der Waals surface area contributed by atoms with Gasteiger partial charge in [0.05, 0.1) is 24.0 Å². The van der Waals surface area contributed by atoms with E-state index in [0.29, 0.717) is 30.3 Å². The number of nitrogens with zero attached hydrogens (tertiary/aromatic N) is 4. The second-order valence-corrected chi connectivity index (χ2v) is 12.1. The highest BCUT2D eigenvalue weighted by Crippen LogP contribution is 2.55. The predicted molar refractivity (Wildman–Crippen MR) is 159 cm³/mol. The summed E-state index contributed by atoms with van der Waals surface area (Å²) in [6.07, 6.45) is 4.23. The van der Waals surface area contributed by atoms with Gasteiger partial charge in [0.25, 0.3) is 0 Å². The zero-order chi connectivity index (χ0) is 27.4. The Morgan fingerprint density at radius 1 is 1.12 bits per heavy atom. The molecule has 1 saturated carbocycles. The number of rotatable bonds is 8. The van der Waals surface area contributed by atoms with Crippen LogP contribution in [0.15, 0.2) is 54.0 Å². The summed E-state index contributed by atoms with van der Waals surface area (Å²) in [5, 5.41) is 8.68. The number of nitrogens with two attached hydrogens (primary N) is 1. The van der Waals surface area contributed by atoms with E-state index in [0.717, 1.165) is 68.8 Å². The van der Waals surface area contributed by atoms with Crippen molar-refractivity contribution in [1.82, 2.24) is 14.8 Å². The Balaban J connectivity index is 1.39. The first-order valence-corrected chi connectivity index (χ1v) is 14.6. The van der Waals surface area contributed by atoms with Crippen LogP contribution >= 0.6 is 11.3 Å². The van der Waals surface area contributed by atoms with Crippen LogP contribution in [0.1, 0.15) is 12.8 Å². The lowest BCUT2D eigenvalue weighted by molar-refractivity contribution is 0.0281. The molecule has 1 spiro atoms. The van der Waals surface area contributed by atoms with Gasteiger partial charge >= 0.3 is 0 Å². The Bertz CT molecular complexity index is 1720. The minimum atomic E-state index is -0.334. The SMILES string of the molecule is COCCOc1cc(F)ccc1-c1c(N2CC3(CC(CN)C3)C2)nc(-c2ccc3c(cnn3C)c2)c2ccsc12. The number of pyridine rings is 1. The van der Waals surface area contributed by atoms with E-state index in [-0.39, 0.29) is 5.82 Å². The molecule has 2 aliphatic rings. The first kappa shape index (κ1) is 25.4. The van der Waals surface area contributed by atoms with Gasteiger partial charge in [0.2, 0.25) is 0 Å². The van der Waals surface area contributed by atoms with Crippen molar-refractivity contribution in [2.75, 3.05) is 44.9 Å². The maximum atomic E-state index is 14.5. The van der Waals surface area contributed by atoms with Crippen LogP contribution in [-0.2, 0) is 11.8 Å². The third-order valence-electron chi connectivity index (χ3n) is 8.50. The predicted octanol–water partition coefficient (Wildman–Crippen LogP) is 5.86. The quantitative estimate of drug-likeness (QED) is 0.241. The molecule has 1 saturated heterocycles. The Kier molecular flexibility index (Phi) is 6.25. The Morgan fingerprint density at radius 2 is 1.98 bits per heavy atom. The molecule has 1 aliphatic heterocycles. The Labute approximate surface area is 236 Å². The van der Waals surface area contributed by atoms with Gasteiger partial charge in [0.15, 0.2) is 0 Å². The van der Waals surface area contributed by atoms with Crippen LogP contribution in [-0.4, -0.2) is 54.7 Å². The number of anilines is 1. The monoisotopic (exact) mass is 557 g/mol. The summed E-state index contributed by atoms with van der Waals surface area (Å²) in [7, 11) is 3.58. The highest BCUT2D eigenvalue weighted by molar-refractivity contribution is 7.18. The number of methoxy groups -OCH3 is 1. The topological polar surface area (TPSA) is 78.4 Å². The van der Waals surface area contributed by atoms with Crippen molar-refractivity contribution in [2.24, 2.45) is 24.1 Å². The van der Waals surface area contributed by atoms with Gasteiger partial charge in [0, 0.05) is 70.9 Å². The van der Waals surface area contributed by atoms with E-state index in [1.54, 1.807) is 18.4 Å². The Morgan fingerprint density at radius 3 is 2.77 bits per heavy atom. The van der Waals surface area contributed by atoms with Gasteiger partial charge in [-0.2, -0.15) is 5.10 Å². The molecule has 0 unspecified atom stereocenters. The third-order valence-corrected chi connectivity index (χ3v) is 9.43. The summed E-state index contributed by atoms with van der Waals surface area (Å²) >= 11 is 1.68. The first-order valence-electron chi connectivity index (χ1n) is 13.7. The number of thiophene rings is 1. The van der Waals surface area contributed by atoms with E-state index >= 15 is 0 Å². The van der Waals surface area contributed by atoms with E-state index in [4.69, 9.17) is 20.2 Å². The van der Waals surface area contributed by atoms with Crippen molar-refractivity contribution in [1.29, 1.82) is 0 Å². The molecule has 3 aromatic heterocycles. The van der Waals surface area contributed by atoms with Crippen molar-refractivity contribution in [2.45, 2.75) is 12.8 Å². The van der Waals surface area contributed by atoms with Crippen LogP contribution < -0.4 is 15.4 Å². The minimum Gasteiger partial charge on any atom is -0.490 e. The number of fused-ring (bicyclic) bond motifs is 2. The second kappa shape index (κ2) is 9.83. The molecule has 2 fully saturated rings. The number of halogens is 1. The molecular weight excluding hydrogens is 525 g/mol. The fourth-order valence-corrected chi connectivity index (χ4v) is 7.53. The molecule has 0 radical (unpaired) electrons. The molecule has 206 valence electrons. The summed E-state index contributed by atoms with van der Waals surface area (Å²) in [6.45, 7) is 3.40. The molecule has 7 rings (SSSR count). The standard InChI is InChI=1S/C31H32FN5O2S/c1-36-25-6-3-20(11-21(25)16-34-36)28-24-7-10-40-29(24)27(23-5-4-22(32)12-26(23)39-9-8-38-2)30(35-28)37-17-31(18-37)13-19(14-31)15-33/h3-7,10-12,16,19H,8-9,13-15,17-18,33H2,1-2H3. The van der Waals surface area contributed by atoms with Crippen LogP contribution in [0.2, 0.25) is 0 Å².